The zero-order chi connectivity index (χ0) is 15.1. The van der Waals surface area contributed by atoms with Crippen LogP contribution in [0.1, 0.15) is 26.7 Å². The molecule has 0 aromatic carbocycles. The van der Waals surface area contributed by atoms with Gasteiger partial charge in [-0.1, -0.05) is 13.5 Å². The number of nitrogens with zero attached hydrogens (tertiary/aromatic N) is 1. The zero-order valence-electron chi connectivity index (χ0n) is 11.3. The number of hydrogen-bond acceptors (Lipinski definition) is 6. The quantitative estimate of drug-likeness (QED) is 0.370. The fraction of sp³-hybridized carbons (Fsp3) is 0.636. The molecule has 7 nitrogen and oxygen atoms in total. The number of amides is 1. The van der Waals surface area contributed by atoms with Crippen molar-refractivity contribution in [2.75, 3.05) is 19.4 Å². The first-order valence-electron chi connectivity index (χ1n) is 5.71. The van der Waals surface area contributed by atoms with E-state index in [1.807, 2.05) is 0 Å². The molecule has 0 fully saturated rings. The van der Waals surface area contributed by atoms with E-state index in [0.717, 1.165) is 0 Å². The standard InChI is InChI=1S/C11H19NO6S/c1-5-6-10(13)12(4)18-19(15,16)8-7-17-11(14)9(2)3/h2,5-8H2,1,3-4H3. The van der Waals surface area contributed by atoms with Gasteiger partial charge in [0.2, 0.25) is 5.91 Å². The number of hydroxylamine groups is 2. The lowest BCUT2D eigenvalue weighted by Crippen LogP contribution is -2.31. The van der Waals surface area contributed by atoms with Crippen LogP contribution in [0.25, 0.3) is 0 Å². The van der Waals surface area contributed by atoms with Gasteiger partial charge in [-0.2, -0.15) is 8.42 Å². The van der Waals surface area contributed by atoms with Crippen molar-refractivity contribution in [2.45, 2.75) is 26.7 Å². The Balaban J connectivity index is 4.22. The van der Waals surface area contributed by atoms with Crippen LogP contribution in [0.2, 0.25) is 0 Å². The van der Waals surface area contributed by atoms with Gasteiger partial charge in [0, 0.05) is 19.0 Å². The minimum atomic E-state index is -3.97. The lowest BCUT2D eigenvalue weighted by atomic mass is 10.3. The van der Waals surface area contributed by atoms with Crippen LogP contribution in [0.4, 0.5) is 0 Å². The van der Waals surface area contributed by atoms with E-state index in [-0.39, 0.29) is 18.6 Å². The van der Waals surface area contributed by atoms with Crippen molar-refractivity contribution in [3.63, 3.8) is 0 Å². The molecular formula is C11H19NO6S. The second kappa shape index (κ2) is 7.90. The summed E-state index contributed by atoms with van der Waals surface area (Å²) in [7, 11) is -2.75. The Kier molecular flexibility index (Phi) is 7.32. The Morgan fingerprint density at radius 3 is 2.37 bits per heavy atom. The third-order valence-electron chi connectivity index (χ3n) is 1.96. The summed E-state index contributed by atoms with van der Waals surface area (Å²) in [4.78, 5) is 22.4. The summed E-state index contributed by atoms with van der Waals surface area (Å²) in [6, 6.07) is 0. The SMILES string of the molecule is C=C(C)C(=O)OCCS(=O)(=O)ON(C)C(=O)CCC. The fourth-order valence-corrected chi connectivity index (χ4v) is 1.77. The first-order chi connectivity index (χ1) is 8.69. The molecule has 110 valence electrons. The highest BCUT2D eigenvalue weighted by Gasteiger charge is 2.19. The molecule has 0 aromatic heterocycles. The summed E-state index contributed by atoms with van der Waals surface area (Å²) in [6.07, 6.45) is 0.777. The molecule has 0 aromatic rings. The van der Waals surface area contributed by atoms with Gasteiger partial charge in [0.15, 0.2) is 0 Å². The molecule has 0 saturated heterocycles. The Morgan fingerprint density at radius 2 is 1.89 bits per heavy atom. The van der Waals surface area contributed by atoms with Gasteiger partial charge in [-0.25, -0.2) is 9.86 Å². The molecule has 0 rings (SSSR count). The number of rotatable bonds is 8. The molecule has 0 N–H and O–H groups in total. The second-order valence-corrected chi connectivity index (χ2v) is 5.57. The van der Waals surface area contributed by atoms with Gasteiger partial charge in [0.25, 0.3) is 10.1 Å². The van der Waals surface area contributed by atoms with Crippen molar-refractivity contribution in [2.24, 2.45) is 0 Å². The lowest BCUT2D eigenvalue weighted by Gasteiger charge is -2.15. The molecule has 0 aliphatic heterocycles. The van der Waals surface area contributed by atoms with Crippen LogP contribution >= 0.6 is 0 Å². The maximum absolute atomic E-state index is 11.5. The van der Waals surface area contributed by atoms with Crippen LogP contribution in [0.5, 0.6) is 0 Å². The highest BCUT2D eigenvalue weighted by molar-refractivity contribution is 7.86. The first kappa shape index (κ1) is 17.6. The van der Waals surface area contributed by atoms with Crippen LogP contribution < -0.4 is 0 Å². The second-order valence-electron chi connectivity index (χ2n) is 3.89. The minimum Gasteiger partial charge on any atom is -0.461 e. The third-order valence-corrected chi connectivity index (χ3v) is 3.07. The molecule has 0 aliphatic rings. The van der Waals surface area contributed by atoms with Crippen LogP contribution in [0.3, 0.4) is 0 Å². The van der Waals surface area contributed by atoms with Gasteiger partial charge in [-0.05, 0) is 13.3 Å². The summed E-state index contributed by atoms with van der Waals surface area (Å²) in [5.41, 5.74) is 0.175. The van der Waals surface area contributed by atoms with Gasteiger partial charge in [0.1, 0.15) is 12.4 Å². The Hall–Kier alpha value is -1.41. The van der Waals surface area contributed by atoms with E-state index in [9.17, 15) is 18.0 Å². The predicted molar refractivity (Wildman–Crippen MR) is 68.3 cm³/mol. The Morgan fingerprint density at radius 1 is 1.32 bits per heavy atom. The molecule has 0 heterocycles. The number of carbonyl (C=O) groups is 2. The highest BCUT2D eigenvalue weighted by Crippen LogP contribution is 2.02. The number of hydrogen-bond donors (Lipinski definition) is 0. The van der Waals surface area contributed by atoms with Crippen molar-refractivity contribution < 1.29 is 27.0 Å². The summed E-state index contributed by atoms with van der Waals surface area (Å²) in [5.74, 6) is -1.65. The minimum absolute atomic E-state index is 0.175. The normalized spacial score (nSPS) is 10.9. The number of carbonyl (C=O) groups excluding carboxylic acids is 2. The molecule has 8 heteroatoms. The lowest BCUT2D eigenvalue weighted by molar-refractivity contribution is -0.152. The first-order valence-corrected chi connectivity index (χ1v) is 7.28. The summed E-state index contributed by atoms with van der Waals surface area (Å²) >= 11 is 0. The van der Waals surface area contributed by atoms with Gasteiger partial charge in [0.05, 0.1) is 0 Å². The van der Waals surface area contributed by atoms with E-state index >= 15 is 0 Å². The maximum atomic E-state index is 11.5. The Bertz CT molecular complexity index is 442. The molecule has 1 amide bonds. The zero-order valence-corrected chi connectivity index (χ0v) is 12.2. The van der Waals surface area contributed by atoms with Crippen molar-refractivity contribution in [1.82, 2.24) is 5.06 Å². The molecule has 0 aliphatic carbocycles. The number of ether oxygens (including phenoxy) is 1. The molecule has 19 heavy (non-hydrogen) atoms. The van der Waals surface area contributed by atoms with Crippen molar-refractivity contribution in [1.29, 1.82) is 0 Å². The van der Waals surface area contributed by atoms with Gasteiger partial charge < -0.3 is 4.74 Å². The maximum Gasteiger partial charge on any atom is 0.333 e. The monoisotopic (exact) mass is 293 g/mol. The van der Waals surface area contributed by atoms with Gasteiger partial charge in [-0.3, -0.25) is 4.79 Å². The van der Waals surface area contributed by atoms with Crippen molar-refractivity contribution >= 4 is 22.0 Å². The van der Waals surface area contributed by atoms with Crippen LogP contribution in [0.15, 0.2) is 12.2 Å². The average molecular weight is 293 g/mol. The smallest absolute Gasteiger partial charge is 0.333 e. The molecule has 0 unspecified atom stereocenters. The predicted octanol–water partition coefficient (Wildman–Crippen LogP) is 0.626. The van der Waals surface area contributed by atoms with E-state index in [1.54, 1.807) is 6.92 Å². The fourth-order valence-electron chi connectivity index (χ4n) is 0.980. The molecule has 0 spiro atoms. The van der Waals surface area contributed by atoms with Crippen LogP contribution in [-0.2, 0) is 28.7 Å². The molecule has 0 bridgehead atoms. The Labute approximate surface area is 113 Å². The molecule has 0 radical (unpaired) electrons. The van der Waals surface area contributed by atoms with E-state index in [1.165, 1.54) is 14.0 Å². The van der Waals surface area contributed by atoms with E-state index < -0.39 is 27.7 Å². The van der Waals surface area contributed by atoms with Crippen LogP contribution in [-0.4, -0.2) is 44.8 Å². The van der Waals surface area contributed by atoms with Crippen molar-refractivity contribution in [3.8, 4) is 0 Å². The summed E-state index contributed by atoms with van der Waals surface area (Å²) in [5, 5.41) is 0.666. The third kappa shape index (κ3) is 7.58. The van der Waals surface area contributed by atoms with E-state index in [0.29, 0.717) is 11.5 Å². The van der Waals surface area contributed by atoms with E-state index in [4.69, 9.17) is 0 Å². The van der Waals surface area contributed by atoms with Gasteiger partial charge >= 0.3 is 5.97 Å². The van der Waals surface area contributed by atoms with Gasteiger partial charge in [-0.15, -0.1) is 4.28 Å². The molecule has 0 atom stereocenters. The van der Waals surface area contributed by atoms with E-state index in [2.05, 4.69) is 15.6 Å². The summed E-state index contributed by atoms with van der Waals surface area (Å²) < 4.78 is 32.1. The topological polar surface area (TPSA) is 90.0 Å². The summed E-state index contributed by atoms with van der Waals surface area (Å²) in [6.45, 7) is 6.23. The average Bonchev–Trinajstić information content (AvgIpc) is 2.27. The molecule has 0 saturated carbocycles. The van der Waals surface area contributed by atoms with Crippen LogP contribution in [0, 0.1) is 0 Å². The largest absolute Gasteiger partial charge is 0.461 e. The van der Waals surface area contributed by atoms with Crippen molar-refractivity contribution in [3.05, 3.63) is 12.2 Å². The molecular weight excluding hydrogens is 274 g/mol. The number of esters is 1. The highest BCUT2D eigenvalue weighted by atomic mass is 32.2.